The average Bonchev–Trinajstić information content (AvgIpc) is 3.85. The van der Waals surface area contributed by atoms with Gasteiger partial charge >= 0.3 is 0 Å². The van der Waals surface area contributed by atoms with E-state index in [4.69, 9.17) is 33.8 Å². The molecule has 0 amide bonds. The van der Waals surface area contributed by atoms with E-state index in [2.05, 4.69) is 36.4 Å². The molecule has 11 aromatic rings. The van der Waals surface area contributed by atoms with Gasteiger partial charge in [-0.05, 0) is 47.5 Å². The lowest BCUT2D eigenvalue weighted by Crippen LogP contribution is -2.00. The van der Waals surface area contributed by atoms with Crippen molar-refractivity contribution in [2.45, 2.75) is 0 Å². The lowest BCUT2D eigenvalue weighted by Gasteiger charge is -2.10. The van der Waals surface area contributed by atoms with Gasteiger partial charge in [0.1, 0.15) is 28.0 Å². The highest BCUT2D eigenvalue weighted by atomic mass is 16.3. The van der Waals surface area contributed by atoms with Crippen LogP contribution in [0.1, 0.15) is 0 Å². The van der Waals surface area contributed by atoms with E-state index in [0.29, 0.717) is 34.5 Å². The summed E-state index contributed by atoms with van der Waals surface area (Å²) in [4.78, 5) is 25.3. The average molecular weight is 720 g/mol. The van der Waals surface area contributed by atoms with E-state index in [1.165, 1.54) is 0 Å². The highest BCUT2D eigenvalue weighted by Gasteiger charge is 2.21. The molecule has 11 rings (SSSR count). The minimum absolute atomic E-state index is 0.551. The standard InChI is InChI=1S/C49H29N5O2/c1-4-14-30(15-5-1)33-20-12-21-34(28-33)47-52-46(32-18-8-3-9-19-32)53-48(54-47)35-26-27-36-41(29-35)55-40-25-13-23-38(42(36)40)49-50-43(31-16-6-2-7-17-31)45-44(51-49)37-22-10-11-24-39(37)56-45/h1-29H. The predicted octanol–water partition coefficient (Wildman–Crippen LogP) is 12.5. The van der Waals surface area contributed by atoms with Gasteiger partial charge in [-0.2, -0.15) is 0 Å². The molecule has 0 aliphatic carbocycles. The maximum absolute atomic E-state index is 6.58. The van der Waals surface area contributed by atoms with Crippen LogP contribution in [0.25, 0.3) is 112 Å². The number of rotatable bonds is 6. The quantitative estimate of drug-likeness (QED) is 0.169. The summed E-state index contributed by atoms with van der Waals surface area (Å²) in [5.74, 6) is 2.32. The van der Waals surface area contributed by atoms with Crippen molar-refractivity contribution in [3.8, 4) is 67.9 Å². The minimum Gasteiger partial charge on any atom is -0.456 e. The molecule has 0 spiro atoms. The second kappa shape index (κ2) is 13.0. The van der Waals surface area contributed by atoms with Gasteiger partial charge in [-0.1, -0.05) is 140 Å². The number of aromatic nitrogens is 5. The topological polar surface area (TPSA) is 90.7 Å². The molecular formula is C49H29N5O2. The molecule has 0 radical (unpaired) electrons. The van der Waals surface area contributed by atoms with Crippen LogP contribution in [0.4, 0.5) is 0 Å². The number of fused-ring (bicyclic) bond motifs is 6. The third kappa shape index (κ3) is 5.41. The molecule has 0 saturated carbocycles. The molecule has 0 aliphatic rings. The van der Waals surface area contributed by atoms with E-state index >= 15 is 0 Å². The molecule has 0 fully saturated rings. The molecule has 4 aromatic heterocycles. The number of benzene rings is 7. The summed E-state index contributed by atoms with van der Waals surface area (Å²) >= 11 is 0. The Morgan fingerprint density at radius 1 is 0.321 bits per heavy atom. The Morgan fingerprint density at radius 3 is 1.68 bits per heavy atom. The third-order valence-electron chi connectivity index (χ3n) is 10.2. The molecule has 262 valence electrons. The van der Waals surface area contributed by atoms with E-state index in [9.17, 15) is 0 Å². The lowest BCUT2D eigenvalue weighted by atomic mass is 10.0. The van der Waals surface area contributed by atoms with Gasteiger partial charge in [0, 0.05) is 44.0 Å². The summed E-state index contributed by atoms with van der Waals surface area (Å²) in [5, 5.41) is 2.81. The molecule has 0 saturated heterocycles. The van der Waals surface area contributed by atoms with Gasteiger partial charge in [-0.3, -0.25) is 0 Å². The van der Waals surface area contributed by atoms with Crippen LogP contribution in [-0.4, -0.2) is 24.9 Å². The SMILES string of the molecule is c1ccc(-c2cccc(-c3nc(-c4ccccc4)nc(-c4ccc5c(c4)oc4cccc(-c6nc(-c7ccccc7)c7oc8ccccc8c7n6)c45)n3)c2)cc1. The maximum atomic E-state index is 6.58. The first-order valence-electron chi connectivity index (χ1n) is 18.4. The van der Waals surface area contributed by atoms with Gasteiger partial charge in [-0.15, -0.1) is 0 Å². The van der Waals surface area contributed by atoms with E-state index < -0.39 is 0 Å². The number of para-hydroxylation sites is 1. The summed E-state index contributed by atoms with van der Waals surface area (Å²) in [6, 6.07) is 58.9. The monoisotopic (exact) mass is 719 g/mol. The highest BCUT2D eigenvalue weighted by molar-refractivity contribution is 6.13. The van der Waals surface area contributed by atoms with E-state index in [1.54, 1.807) is 0 Å². The number of nitrogens with zero attached hydrogens (tertiary/aromatic N) is 5. The van der Waals surface area contributed by atoms with Crippen LogP contribution in [0.15, 0.2) is 185 Å². The van der Waals surface area contributed by atoms with Gasteiger partial charge in [0.2, 0.25) is 0 Å². The Kier molecular flexibility index (Phi) is 7.35. The zero-order valence-corrected chi connectivity index (χ0v) is 29.8. The molecule has 0 bridgehead atoms. The second-order valence-corrected chi connectivity index (χ2v) is 13.6. The van der Waals surface area contributed by atoms with Gasteiger partial charge < -0.3 is 8.83 Å². The van der Waals surface area contributed by atoms with E-state index in [-0.39, 0.29) is 0 Å². The van der Waals surface area contributed by atoms with Crippen LogP contribution in [-0.2, 0) is 0 Å². The lowest BCUT2D eigenvalue weighted by molar-refractivity contribution is 0.667. The van der Waals surface area contributed by atoms with Gasteiger partial charge in [0.15, 0.2) is 28.9 Å². The zero-order chi connectivity index (χ0) is 37.0. The number of hydrogen-bond donors (Lipinski definition) is 0. The Labute approximate surface area is 320 Å². The van der Waals surface area contributed by atoms with Gasteiger partial charge in [-0.25, -0.2) is 24.9 Å². The van der Waals surface area contributed by atoms with Crippen LogP contribution in [0.2, 0.25) is 0 Å². The summed E-state index contributed by atoms with van der Waals surface area (Å²) in [6.07, 6.45) is 0. The first-order valence-corrected chi connectivity index (χ1v) is 18.4. The highest BCUT2D eigenvalue weighted by Crippen LogP contribution is 2.40. The summed E-state index contributed by atoms with van der Waals surface area (Å²) < 4.78 is 12.9. The molecular weight excluding hydrogens is 691 g/mol. The van der Waals surface area contributed by atoms with Gasteiger partial charge in [0.25, 0.3) is 0 Å². The van der Waals surface area contributed by atoms with Gasteiger partial charge in [0.05, 0.1) is 0 Å². The van der Waals surface area contributed by atoms with Crippen LogP contribution < -0.4 is 0 Å². The van der Waals surface area contributed by atoms with Crippen molar-refractivity contribution in [3.05, 3.63) is 176 Å². The number of furan rings is 2. The second-order valence-electron chi connectivity index (χ2n) is 13.6. The molecule has 7 heteroatoms. The smallest absolute Gasteiger partial charge is 0.180 e. The zero-order valence-electron chi connectivity index (χ0n) is 29.8. The van der Waals surface area contributed by atoms with Crippen LogP contribution in [0.5, 0.6) is 0 Å². The fraction of sp³-hybridized carbons (Fsp3) is 0. The Balaban J connectivity index is 1.07. The van der Waals surface area contributed by atoms with Crippen LogP contribution in [0.3, 0.4) is 0 Å². The molecule has 0 atom stereocenters. The van der Waals surface area contributed by atoms with Crippen molar-refractivity contribution >= 4 is 44.0 Å². The normalized spacial score (nSPS) is 11.6. The Bertz CT molecular complexity index is 3250. The molecule has 7 aromatic carbocycles. The van der Waals surface area contributed by atoms with E-state index in [0.717, 1.165) is 77.5 Å². The van der Waals surface area contributed by atoms with Crippen molar-refractivity contribution in [2.75, 3.05) is 0 Å². The fourth-order valence-corrected chi connectivity index (χ4v) is 7.47. The fourth-order valence-electron chi connectivity index (χ4n) is 7.47. The maximum Gasteiger partial charge on any atom is 0.180 e. The van der Waals surface area contributed by atoms with Crippen molar-refractivity contribution in [1.29, 1.82) is 0 Å². The van der Waals surface area contributed by atoms with Crippen LogP contribution >= 0.6 is 0 Å². The largest absolute Gasteiger partial charge is 0.456 e. The minimum atomic E-state index is 0.551. The Hall–Kier alpha value is -7.77. The Morgan fingerprint density at radius 2 is 0.911 bits per heavy atom. The van der Waals surface area contributed by atoms with Crippen molar-refractivity contribution < 1.29 is 8.83 Å². The first-order chi connectivity index (χ1) is 27.7. The summed E-state index contributed by atoms with van der Waals surface area (Å²) in [6.45, 7) is 0. The van der Waals surface area contributed by atoms with Crippen molar-refractivity contribution in [2.24, 2.45) is 0 Å². The van der Waals surface area contributed by atoms with Crippen LogP contribution in [0, 0.1) is 0 Å². The first kappa shape index (κ1) is 31.7. The molecule has 7 nitrogen and oxygen atoms in total. The summed E-state index contributed by atoms with van der Waals surface area (Å²) in [5.41, 5.74) is 11.0. The number of hydrogen-bond acceptors (Lipinski definition) is 7. The molecule has 0 N–H and O–H groups in total. The van der Waals surface area contributed by atoms with Crippen molar-refractivity contribution in [1.82, 2.24) is 24.9 Å². The van der Waals surface area contributed by atoms with Crippen molar-refractivity contribution in [3.63, 3.8) is 0 Å². The summed E-state index contributed by atoms with van der Waals surface area (Å²) in [7, 11) is 0. The molecule has 4 heterocycles. The molecule has 0 unspecified atom stereocenters. The predicted molar refractivity (Wildman–Crippen MR) is 223 cm³/mol. The van der Waals surface area contributed by atoms with E-state index in [1.807, 2.05) is 140 Å². The molecule has 56 heavy (non-hydrogen) atoms. The molecule has 0 aliphatic heterocycles. The third-order valence-corrected chi connectivity index (χ3v) is 10.2.